The van der Waals surface area contributed by atoms with Gasteiger partial charge in [-0.05, 0) is 25.5 Å². The topological polar surface area (TPSA) is 78.0 Å². The third kappa shape index (κ3) is 4.69. The Morgan fingerprint density at radius 2 is 1.65 bits per heavy atom. The molecule has 0 bridgehead atoms. The summed E-state index contributed by atoms with van der Waals surface area (Å²) in [6.07, 6.45) is 0.311. The molecule has 1 aromatic carbocycles. The van der Waals surface area contributed by atoms with Crippen LogP contribution in [0, 0.1) is 13.8 Å². The number of Topliss-reactive ketones (excluding diaryl/α,β-unsaturated/α-hetero) is 1. The lowest BCUT2D eigenvalue weighted by Gasteiger charge is -2.35. The third-order valence-corrected chi connectivity index (χ3v) is 6.58. The molecule has 1 aliphatic rings. The summed E-state index contributed by atoms with van der Waals surface area (Å²) in [6, 6.07) is 5.72. The van der Waals surface area contributed by atoms with E-state index < -0.39 is 10.2 Å². The highest BCUT2D eigenvalue weighted by molar-refractivity contribution is 7.86. The van der Waals surface area contributed by atoms with E-state index in [1.165, 1.54) is 22.7 Å². The highest BCUT2D eigenvalue weighted by Gasteiger charge is 2.30. The van der Waals surface area contributed by atoms with Crippen LogP contribution in [0.2, 0.25) is 0 Å². The number of piperazine rings is 1. The fourth-order valence-corrected chi connectivity index (χ4v) is 4.04. The number of rotatable bonds is 6. The molecule has 0 saturated carbocycles. The number of aryl methyl sites for hydroxylation is 2. The Kier molecular flexibility index (Phi) is 6.54. The van der Waals surface area contributed by atoms with E-state index in [2.05, 4.69) is 0 Å². The molecule has 0 unspecified atom stereocenters. The summed E-state index contributed by atoms with van der Waals surface area (Å²) in [5, 5.41) is 0. The fraction of sp³-hybridized carbons (Fsp3) is 0.556. The minimum absolute atomic E-state index is 0.0339. The molecule has 144 valence electrons. The lowest BCUT2D eigenvalue weighted by Crippen LogP contribution is -2.53. The maximum atomic E-state index is 12.4. The summed E-state index contributed by atoms with van der Waals surface area (Å²) in [5.41, 5.74) is 2.60. The van der Waals surface area contributed by atoms with Crippen molar-refractivity contribution in [3.63, 3.8) is 0 Å². The van der Waals surface area contributed by atoms with Crippen LogP contribution in [0.15, 0.2) is 18.2 Å². The molecule has 1 aliphatic heterocycles. The fourth-order valence-electron chi connectivity index (χ4n) is 2.95. The van der Waals surface area contributed by atoms with Gasteiger partial charge in [-0.2, -0.15) is 17.0 Å². The van der Waals surface area contributed by atoms with E-state index >= 15 is 0 Å². The van der Waals surface area contributed by atoms with Crippen LogP contribution in [-0.4, -0.2) is 73.9 Å². The van der Waals surface area contributed by atoms with Crippen molar-refractivity contribution in [2.24, 2.45) is 0 Å². The van der Waals surface area contributed by atoms with Crippen molar-refractivity contribution in [3.8, 4) is 0 Å². The quantitative estimate of drug-likeness (QED) is 0.694. The van der Waals surface area contributed by atoms with Crippen LogP contribution in [0.1, 0.15) is 34.3 Å². The Bertz CT molecular complexity index is 782. The molecular formula is C18H27N3O4S. The number of benzene rings is 1. The van der Waals surface area contributed by atoms with Crippen molar-refractivity contribution < 1.29 is 18.0 Å². The minimum atomic E-state index is -3.45. The molecule has 1 fully saturated rings. The van der Waals surface area contributed by atoms with Gasteiger partial charge in [0.25, 0.3) is 10.2 Å². The molecule has 1 aromatic rings. The molecule has 2 rings (SSSR count). The first-order chi connectivity index (χ1) is 12.1. The van der Waals surface area contributed by atoms with Crippen molar-refractivity contribution in [2.45, 2.75) is 26.7 Å². The summed E-state index contributed by atoms with van der Waals surface area (Å²) in [6.45, 7) is 5.07. The lowest BCUT2D eigenvalue weighted by molar-refractivity contribution is -0.132. The molecule has 0 radical (unpaired) electrons. The van der Waals surface area contributed by atoms with Crippen LogP contribution in [0.3, 0.4) is 0 Å². The highest BCUT2D eigenvalue weighted by Crippen LogP contribution is 2.15. The monoisotopic (exact) mass is 381 g/mol. The second kappa shape index (κ2) is 8.28. The third-order valence-electron chi connectivity index (χ3n) is 4.64. The van der Waals surface area contributed by atoms with Gasteiger partial charge >= 0.3 is 0 Å². The van der Waals surface area contributed by atoms with E-state index in [1.54, 1.807) is 4.90 Å². The first kappa shape index (κ1) is 20.5. The first-order valence-corrected chi connectivity index (χ1v) is 10.1. The van der Waals surface area contributed by atoms with Gasteiger partial charge in [0, 0.05) is 58.7 Å². The Morgan fingerprint density at radius 3 is 2.23 bits per heavy atom. The second-order valence-electron chi connectivity index (χ2n) is 6.81. The van der Waals surface area contributed by atoms with Crippen LogP contribution in [-0.2, 0) is 15.0 Å². The van der Waals surface area contributed by atoms with E-state index in [1.807, 2.05) is 32.0 Å². The predicted octanol–water partition coefficient (Wildman–Crippen LogP) is 1.22. The summed E-state index contributed by atoms with van der Waals surface area (Å²) >= 11 is 0. The van der Waals surface area contributed by atoms with E-state index in [0.717, 1.165) is 11.1 Å². The van der Waals surface area contributed by atoms with Crippen molar-refractivity contribution in [2.75, 3.05) is 40.3 Å². The van der Waals surface area contributed by atoms with Gasteiger partial charge in [0.15, 0.2) is 5.78 Å². The Morgan fingerprint density at radius 1 is 1.04 bits per heavy atom. The molecule has 7 nitrogen and oxygen atoms in total. The average Bonchev–Trinajstić information content (AvgIpc) is 2.61. The maximum Gasteiger partial charge on any atom is 0.281 e. The standard InChI is InChI=1S/C18H27N3O4S/c1-14-5-6-15(2)16(13-14)17(22)7-8-18(23)20-9-11-21(12-10-20)26(24,25)19(3)4/h5-6,13H,7-12H2,1-4H3. The molecule has 0 aliphatic carbocycles. The van der Waals surface area contributed by atoms with Gasteiger partial charge in [-0.25, -0.2) is 0 Å². The van der Waals surface area contributed by atoms with Crippen LogP contribution in [0.5, 0.6) is 0 Å². The van der Waals surface area contributed by atoms with E-state index in [-0.39, 0.29) is 37.6 Å². The van der Waals surface area contributed by atoms with Crippen molar-refractivity contribution in [3.05, 3.63) is 34.9 Å². The van der Waals surface area contributed by atoms with Gasteiger partial charge in [0.05, 0.1) is 0 Å². The summed E-state index contributed by atoms with van der Waals surface area (Å²) < 4.78 is 26.7. The van der Waals surface area contributed by atoms with Gasteiger partial charge in [0.1, 0.15) is 0 Å². The van der Waals surface area contributed by atoms with E-state index in [0.29, 0.717) is 18.7 Å². The largest absolute Gasteiger partial charge is 0.340 e. The maximum absolute atomic E-state index is 12.4. The smallest absolute Gasteiger partial charge is 0.281 e. The van der Waals surface area contributed by atoms with Crippen LogP contribution in [0.25, 0.3) is 0 Å². The van der Waals surface area contributed by atoms with Crippen molar-refractivity contribution >= 4 is 21.9 Å². The minimum Gasteiger partial charge on any atom is -0.340 e. The van der Waals surface area contributed by atoms with Crippen molar-refractivity contribution in [1.29, 1.82) is 0 Å². The van der Waals surface area contributed by atoms with Crippen LogP contribution >= 0.6 is 0 Å². The SMILES string of the molecule is Cc1ccc(C)c(C(=O)CCC(=O)N2CCN(S(=O)(=O)N(C)C)CC2)c1. The molecular weight excluding hydrogens is 354 g/mol. The number of carbonyl (C=O) groups excluding carboxylic acids is 2. The van der Waals surface area contributed by atoms with Gasteiger partial charge in [0.2, 0.25) is 5.91 Å². The Labute approximate surface area is 155 Å². The Balaban J connectivity index is 1.88. The number of hydrogen-bond acceptors (Lipinski definition) is 4. The lowest BCUT2D eigenvalue weighted by atomic mass is 9.99. The Hall–Kier alpha value is -1.77. The number of carbonyl (C=O) groups is 2. The van der Waals surface area contributed by atoms with Gasteiger partial charge in [-0.1, -0.05) is 17.7 Å². The van der Waals surface area contributed by atoms with Crippen LogP contribution in [0.4, 0.5) is 0 Å². The number of ketones is 1. The molecule has 26 heavy (non-hydrogen) atoms. The first-order valence-electron chi connectivity index (χ1n) is 8.68. The van der Waals surface area contributed by atoms with Gasteiger partial charge in [-0.3, -0.25) is 9.59 Å². The normalized spacial score (nSPS) is 16.1. The van der Waals surface area contributed by atoms with Gasteiger partial charge in [-0.15, -0.1) is 0 Å². The number of nitrogens with zero attached hydrogens (tertiary/aromatic N) is 3. The number of hydrogen-bond donors (Lipinski definition) is 0. The molecule has 0 aromatic heterocycles. The van der Waals surface area contributed by atoms with Gasteiger partial charge < -0.3 is 4.90 Å². The number of amides is 1. The molecule has 0 spiro atoms. The van der Waals surface area contributed by atoms with E-state index in [9.17, 15) is 18.0 Å². The molecule has 1 heterocycles. The summed E-state index contributed by atoms with van der Waals surface area (Å²) in [7, 11) is -0.461. The summed E-state index contributed by atoms with van der Waals surface area (Å²) in [5.74, 6) is -0.140. The average molecular weight is 381 g/mol. The zero-order valence-corrected chi connectivity index (χ0v) is 16.7. The molecule has 1 amide bonds. The van der Waals surface area contributed by atoms with E-state index in [4.69, 9.17) is 0 Å². The zero-order valence-electron chi connectivity index (χ0n) is 15.9. The zero-order chi connectivity index (χ0) is 19.5. The molecule has 0 N–H and O–H groups in total. The predicted molar refractivity (Wildman–Crippen MR) is 100 cm³/mol. The highest BCUT2D eigenvalue weighted by atomic mass is 32.2. The summed E-state index contributed by atoms with van der Waals surface area (Å²) in [4.78, 5) is 26.4. The van der Waals surface area contributed by atoms with Crippen LogP contribution < -0.4 is 0 Å². The molecule has 1 saturated heterocycles. The molecule has 0 atom stereocenters. The molecule has 8 heteroatoms. The second-order valence-corrected chi connectivity index (χ2v) is 8.95. The van der Waals surface area contributed by atoms with Crippen molar-refractivity contribution in [1.82, 2.24) is 13.5 Å².